The molecule has 14 nitrogen and oxygen atoms in total. The number of nitrogens with one attached hydrogen (secondary N) is 2. The molecule has 3 aliphatic rings. The van der Waals surface area contributed by atoms with E-state index in [9.17, 15) is 18.0 Å². The minimum Gasteiger partial charge on any atom is -0.365 e. The summed E-state index contributed by atoms with van der Waals surface area (Å²) < 4.78 is 36.9. The summed E-state index contributed by atoms with van der Waals surface area (Å²) in [5.74, 6) is 5.37. The Morgan fingerprint density at radius 2 is 1.90 bits per heavy atom. The van der Waals surface area contributed by atoms with Crippen molar-refractivity contribution in [2.75, 3.05) is 4.72 Å². The van der Waals surface area contributed by atoms with E-state index in [0.717, 1.165) is 16.5 Å². The van der Waals surface area contributed by atoms with Crippen molar-refractivity contribution < 1.29 is 17.9 Å². The number of nitrogens with zero attached hydrogens (tertiary/aromatic N) is 6. The molecule has 15 heteroatoms. The molecule has 6 heterocycles. The lowest BCUT2D eigenvalue weighted by Crippen LogP contribution is -2.38. The molecular formula is C33H27N9O5S. The molecule has 0 spiro atoms. The van der Waals surface area contributed by atoms with E-state index in [4.69, 9.17) is 9.88 Å². The highest BCUT2D eigenvalue weighted by molar-refractivity contribution is 7.90. The number of benzene rings is 2. The molecule has 2 aliphatic heterocycles. The second-order valence-electron chi connectivity index (χ2n) is 11.7. The zero-order chi connectivity index (χ0) is 33.3. The molecule has 2 aromatic carbocycles. The fraction of sp³-hybridized carbons (Fsp3) is 0.182. The van der Waals surface area contributed by atoms with Crippen LogP contribution in [0.5, 0.6) is 0 Å². The van der Waals surface area contributed by atoms with Gasteiger partial charge in [-0.2, -0.15) is 13.5 Å². The van der Waals surface area contributed by atoms with E-state index in [2.05, 4.69) is 37.1 Å². The van der Waals surface area contributed by atoms with Crippen LogP contribution in [-0.2, 0) is 22.0 Å². The topological polar surface area (TPSA) is 181 Å². The molecular weight excluding hydrogens is 634 g/mol. The van der Waals surface area contributed by atoms with Gasteiger partial charge in [0.2, 0.25) is 0 Å². The number of hydrogen-bond acceptors (Lipinski definition) is 8. The lowest BCUT2D eigenvalue weighted by molar-refractivity contribution is -0.135. The van der Waals surface area contributed by atoms with Crippen molar-refractivity contribution in [1.82, 2.24) is 34.3 Å². The first-order chi connectivity index (χ1) is 23.1. The first-order valence-electron chi connectivity index (χ1n) is 15.0. The minimum atomic E-state index is -4.28. The molecule has 2 unspecified atom stereocenters. The first kappa shape index (κ1) is 29.6. The van der Waals surface area contributed by atoms with Gasteiger partial charge in [0.25, 0.3) is 21.7 Å². The van der Waals surface area contributed by atoms with E-state index in [-0.39, 0.29) is 34.8 Å². The van der Waals surface area contributed by atoms with Crippen LogP contribution >= 0.6 is 0 Å². The summed E-state index contributed by atoms with van der Waals surface area (Å²) >= 11 is 0. The van der Waals surface area contributed by atoms with Crippen LogP contribution < -0.4 is 20.7 Å². The Labute approximate surface area is 273 Å². The van der Waals surface area contributed by atoms with Gasteiger partial charge in [-0.05, 0) is 36.8 Å². The number of carbonyl (C=O) groups excluding carboxylic acids is 1. The molecule has 6 aromatic rings. The summed E-state index contributed by atoms with van der Waals surface area (Å²) in [6.45, 7) is 1.76. The quantitative estimate of drug-likeness (QED) is 0.228. The van der Waals surface area contributed by atoms with E-state index in [0.29, 0.717) is 34.3 Å². The van der Waals surface area contributed by atoms with Gasteiger partial charge < -0.3 is 10.1 Å². The number of aryl methyl sites for hydroxylation is 1. The number of hydrogen-bond donors (Lipinski definition) is 3. The summed E-state index contributed by atoms with van der Waals surface area (Å²) in [5, 5.41) is 17.8. The number of aromatic nitrogens is 6. The Balaban J connectivity index is 1.33. The summed E-state index contributed by atoms with van der Waals surface area (Å²) in [4.78, 5) is 33.0. The van der Waals surface area contributed by atoms with Gasteiger partial charge in [-0.1, -0.05) is 36.1 Å². The number of pyridine rings is 1. The van der Waals surface area contributed by atoms with Crippen molar-refractivity contribution in [3.8, 4) is 17.5 Å². The zero-order valence-electron chi connectivity index (χ0n) is 25.6. The number of fused-ring (bicyclic) bond motifs is 1. The third-order valence-corrected chi connectivity index (χ3v) is 9.02. The Hall–Kier alpha value is -5.82. The molecule has 4 aromatic heterocycles. The Bertz CT molecular complexity index is 2540. The van der Waals surface area contributed by atoms with Crippen LogP contribution in [0.2, 0.25) is 0 Å². The van der Waals surface area contributed by atoms with Crippen LogP contribution in [0.4, 0.5) is 5.82 Å². The number of para-hydroxylation sites is 1. The highest BCUT2D eigenvalue weighted by Crippen LogP contribution is 2.55. The van der Waals surface area contributed by atoms with Crippen LogP contribution in [-0.4, -0.2) is 43.3 Å². The third-order valence-electron chi connectivity index (χ3n) is 8.55. The van der Waals surface area contributed by atoms with Gasteiger partial charge in [0.05, 0.1) is 41.1 Å². The van der Waals surface area contributed by atoms with Gasteiger partial charge in [-0.25, -0.2) is 14.6 Å². The number of ether oxygens (including phenoxy) is 1. The van der Waals surface area contributed by atoms with Crippen molar-refractivity contribution in [1.29, 1.82) is 0 Å². The van der Waals surface area contributed by atoms with Crippen molar-refractivity contribution in [3.05, 3.63) is 117 Å². The number of anilines is 1. The maximum Gasteiger partial charge on any atom is 0.297 e. The summed E-state index contributed by atoms with van der Waals surface area (Å²) in [5.41, 5.74) is 3.73. The average molecular weight is 662 g/mol. The highest BCUT2D eigenvalue weighted by atomic mass is 32.2. The van der Waals surface area contributed by atoms with Gasteiger partial charge in [0.15, 0.2) is 11.5 Å². The van der Waals surface area contributed by atoms with Gasteiger partial charge in [-0.15, -0.1) is 5.10 Å². The molecule has 0 radical (unpaired) electrons. The summed E-state index contributed by atoms with van der Waals surface area (Å²) in [7, 11) is -2.47. The van der Waals surface area contributed by atoms with Crippen molar-refractivity contribution in [2.45, 2.75) is 31.6 Å². The van der Waals surface area contributed by atoms with E-state index in [1.165, 1.54) is 16.9 Å². The monoisotopic (exact) mass is 661 g/mol. The SMILES string of the molecule is C[C@H](NC(=O)c1c(NS(N)(=O)=O)nn2cccnc12)c1c2c3c(ccc(C#Cc4cnn(C)c4)c3c(=O)n1-c1ccccc1)C1CC2O1. The van der Waals surface area contributed by atoms with Crippen molar-refractivity contribution in [3.63, 3.8) is 0 Å². The van der Waals surface area contributed by atoms with Crippen molar-refractivity contribution in [2.24, 2.45) is 12.2 Å². The predicted octanol–water partition coefficient (Wildman–Crippen LogP) is 2.79. The largest absolute Gasteiger partial charge is 0.365 e. The maximum atomic E-state index is 14.8. The Morgan fingerprint density at radius 1 is 1.10 bits per heavy atom. The number of nitrogens with two attached hydrogens (primary N) is 1. The standard InChI is InChI=1S/C33H27N9O5S/c1-18(37-32(43)28-30(39-48(34,45)46)38-41-14-6-13-35-31(28)41)29-27-24-15-23(47-24)22-12-11-20(10-9-19-16-36-40(2)17-19)25(26(22)27)33(44)42(29)21-7-4-3-5-8-21/h3-8,11-14,16-18,23-24H,15H2,1-2H3,(H,37,43)(H,38,39)(H2,34,45,46)/t18-,23?,24?/m0/s1. The number of amides is 1. The number of rotatable bonds is 6. The van der Waals surface area contributed by atoms with Crippen LogP contribution in [0, 0.1) is 11.8 Å². The lowest BCUT2D eigenvalue weighted by Gasteiger charge is -2.44. The molecule has 4 N–H and O–H groups in total. The molecule has 9 rings (SSSR count). The molecule has 2 bridgehead atoms. The normalized spacial score (nSPS) is 17.0. The molecule has 240 valence electrons. The van der Waals surface area contributed by atoms with Gasteiger partial charge in [-0.3, -0.25) is 23.6 Å². The van der Waals surface area contributed by atoms with Gasteiger partial charge in [0, 0.05) is 54.3 Å². The second kappa shape index (κ2) is 10.9. The molecule has 3 atom stereocenters. The van der Waals surface area contributed by atoms with Crippen LogP contribution in [0.3, 0.4) is 0 Å². The fourth-order valence-corrected chi connectivity index (χ4v) is 7.00. The number of carbonyl (C=O) groups is 1. The van der Waals surface area contributed by atoms with Crippen LogP contribution in [0.1, 0.15) is 69.9 Å². The van der Waals surface area contributed by atoms with E-state index >= 15 is 0 Å². The van der Waals surface area contributed by atoms with E-state index < -0.39 is 22.2 Å². The average Bonchev–Trinajstić information content (AvgIpc) is 3.62. The molecule has 48 heavy (non-hydrogen) atoms. The van der Waals surface area contributed by atoms with Gasteiger partial charge in [0.1, 0.15) is 5.56 Å². The maximum absolute atomic E-state index is 14.8. The third kappa shape index (κ3) is 4.82. The summed E-state index contributed by atoms with van der Waals surface area (Å²) in [6.07, 6.45) is 6.67. The zero-order valence-corrected chi connectivity index (χ0v) is 26.4. The first-order valence-corrected chi connectivity index (χ1v) is 16.5. The van der Waals surface area contributed by atoms with Crippen molar-refractivity contribution >= 4 is 38.4 Å². The van der Waals surface area contributed by atoms with E-state index in [1.54, 1.807) is 34.6 Å². The molecule has 0 saturated carbocycles. The van der Waals surface area contributed by atoms with Gasteiger partial charge >= 0.3 is 0 Å². The fourth-order valence-electron chi connectivity index (χ4n) is 6.59. The van der Waals surface area contributed by atoms with Crippen LogP contribution in [0.15, 0.2) is 78.1 Å². The molecule has 1 amide bonds. The predicted molar refractivity (Wildman–Crippen MR) is 176 cm³/mol. The summed E-state index contributed by atoms with van der Waals surface area (Å²) in [6, 6.07) is 13.8. The van der Waals surface area contributed by atoms with E-state index in [1.807, 2.05) is 49.5 Å². The molecule has 1 saturated heterocycles. The Morgan fingerprint density at radius 3 is 2.62 bits per heavy atom. The Kier molecular flexibility index (Phi) is 6.70. The lowest BCUT2D eigenvalue weighted by atomic mass is 9.78. The minimum absolute atomic E-state index is 0.109. The molecule has 1 aliphatic carbocycles. The highest BCUT2D eigenvalue weighted by Gasteiger charge is 2.44. The molecule has 1 fully saturated rings. The van der Waals surface area contributed by atoms with Crippen LogP contribution in [0.25, 0.3) is 22.1 Å². The second-order valence-corrected chi connectivity index (χ2v) is 13.0. The smallest absolute Gasteiger partial charge is 0.297 e.